The van der Waals surface area contributed by atoms with Crippen molar-refractivity contribution in [1.29, 1.82) is 0 Å². The summed E-state index contributed by atoms with van der Waals surface area (Å²) in [4.78, 5) is 15.1. The minimum Gasteiger partial charge on any atom is -0.493 e. The van der Waals surface area contributed by atoms with Crippen molar-refractivity contribution in [1.82, 2.24) is 4.90 Å². The normalized spacial score (nSPS) is 16.4. The molecule has 2 aromatic carbocycles. The minimum absolute atomic E-state index is 0.111. The van der Waals surface area contributed by atoms with E-state index >= 15 is 0 Å². The van der Waals surface area contributed by atoms with Crippen LogP contribution < -0.4 is 23.7 Å². The Bertz CT molecular complexity index is 1030. The van der Waals surface area contributed by atoms with E-state index in [2.05, 4.69) is 0 Å². The molecule has 2 aliphatic rings. The van der Waals surface area contributed by atoms with Crippen molar-refractivity contribution >= 4 is 17.7 Å². The molecule has 1 saturated carbocycles. The second-order valence-electron chi connectivity index (χ2n) is 7.87. The Morgan fingerprint density at radius 3 is 1.97 bits per heavy atom. The molecule has 7 heteroatoms. The van der Waals surface area contributed by atoms with E-state index in [0.29, 0.717) is 35.3 Å². The van der Waals surface area contributed by atoms with Gasteiger partial charge in [0.1, 0.15) is 0 Å². The number of fused-ring (bicyclic) bond motifs is 1. The lowest BCUT2D eigenvalue weighted by Crippen LogP contribution is -2.36. The maximum Gasteiger partial charge on any atom is 0.230 e. The van der Waals surface area contributed by atoms with E-state index in [1.165, 1.54) is 0 Å². The number of carbonyl (C=O) groups excluding carboxylic acids is 1. The third-order valence-corrected chi connectivity index (χ3v) is 5.96. The predicted octanol–water partition coefficient (Wildman–Crippen LogP) is 4.02. The number of hydrogen-bond donors (Lipinski definition) is 0. The Hall–Kier alpha value is -3.35. The molecular formula is C25H29NO6. The zero-order valence-corrected chi connectivity index (χ0v) is 19.2. The first-order chi connectivity index (χ1) is 15.5. The van der Waals surface area contributed by atoms with E-state index in [9.17, 15) is 4.79 Å². The monoisotopic (exact) mass is 439 g/mol. The minimum atomic E-state index is 0.111. The fraction of sp³-hybridized carbons (Fsp3) is 0.400. The SMILES string of the molecule is COc1cc2c(cc1OC)/C(=C/c1cc(OC)c(OC)c(OC)c1)N(C(=O)C1CC1)CC2. The van der Waals surface area contributed by atoms with Gasteiger partial charge in [-0.3, -0.25) is 4.79 Å². The maximum absolute atomic E-state index is 13.2. The molecule has 1 aliphatic carbocycles. The largest absolute Gasteiger partial charge is 0.493 e. The predicted molar refractivity (Wildman–Crippen MR) is 122 cm³/mol. The fourth-order valence-electron chi connectivity index (χ4n) is 4.14. The van der Waals surface area contributed by atoms with Crippen LogP contribution in [0.1, 0.15) is 29.5 Å². The number of ether oxygens (including phenoxy) is 5. The quantitative estimate of drug-likeness (QED) is 0.649. The van der Waals surface area contributed by atoms with Gasteiger partial charge >= 0.3 is 0 Å². The van der Waals surface area contributed by atoms with Gasteiger partial charge in [0.15, 0.2) is 23.0 Å². The zero-order chi connectivity index (χ0) is 22.8. The van der Waals surface area contributed by atoms with Gasteiger partial charge in [-0.15, -0.1) is 0 Å². The molecule has 0 bridgehead atoms. The number of benzene rings is 2. The molecule has 0 atom stereocenters. The number of hydrogen-bond acceptors (Lipinski definition) is 6. The van der Waals surface area contributed by atoms with Crippen LogP contribution in [0.3, 0.4) is 0 Å². The molecular weight excluding hydrogens is 410 g/mol. The second kappa shape index (κ2) is 9.02. The topological polar surface area (TPSA) is 66.5 Å². The van der Waals surface area contributed by atoms with Crippen molar-refractivity contribution in [3.63, 3.8) is 0 Å². The number of amides is 1. The molecule has 0 N–H and O–H groups in total. The highest BCUT2D eigenvalue weighted by Crippen LogP contribution is 2.43. The number of carbonyl (C=O) groups is 1. The molecule has 0 saturated heterocycles. The summed E-state index contributed by atoms with van der Waals surface area (Å²) in [5.74, 6) is 3.23. The van der Waals surface area contributed by atoms with Crippen LogP contribution in [0.4, 0.5) is 0 Å². The summed E-state index contributed by atoms with van der Waals surface area (Å²) in [5.41, 5.74) is 3.74. The van der Waals surface area contributed by atoms with E-state index in [-0.39, 0.29) is 11.8 Å². The highest BCUT2D eigenvalue weighted by molar-refractivity contribution is 5.96. The summed E-state index contributed by atoms with van der Waals surface area (Å²) in [6, 6.07) is 7.70. The lowest BCUT2D eigenvalue weighted by Gasteiger charge is -2.32. The molecule has 0 spiro atoms. The molecule has 0 aromatic heterocycles. The van der Waals surface area contributed by atoms with Gasteiger partial charge in [0.2, 0.25) is 11.7 Å². The molecule has 32 heavy (non-hydrogen) atoms. The lowest BCUT2D eigenvalue weighted by molar-refractivity contribution is -0.129. The van der Waals surface area contributed by atoms with Crippen molar-refractivity contribution < 1.29 is 28.5 Å². The molecule has 1 aliphatic heterocycles. The first-order valence-corrected chi connectivity index (χ1v) is 10.6. The van der Waals surface area contributed by atoms with Crippen molar-refractivity contribution in [2.45, 2.75) is 19.3 Å². The summed E-state index contributed by atoms with van der Waals surface area (Å²) >= 11 is 0. The van der Waals surface area contributed by atoms with Crippen LogP contribution in [0, 0.1) is 5.92 Å². The van der Waals surface area contributed by atoms with Gasteiger partial charge < -0.3 is 28.6 Å². The average molecular weight is 440 g/mol. The van der Waals surface area contributed by atoms with Crippen molar-refractivity contribution in [3.05, 3.63) is 41.0 Å². The van der Waals surface area contributed by atoms with Crippen molar-refractivity contribution in [2.24, 2.45) is 5.92 Å². The molecule has 2 aromatic rings. The molecule has 4 rings (SSSR count). The zero-order valence-electron chi connectivity index (χ0n) is 19.2. The summed E-state index contributed by atoms with van der Waals surface area (Å²) < 4.78 is 27.5. The summed E-state index contributed by atoms with van der Waals surface area (Å²) in [6.45, 7) is 0.619. The fourth-order valence-corrected chi connectivity index (χ4v) is 4.14. The Kier molecular flexibility index (Phi) is 6.17. The maximum atomic E-state index is 13.2. The summed E-state index contributed by atoms with van der Waals surface area (Å²) in [6.07, 6.45) is 4.65. The van der Waals surface area contributed by atoms with Gasteiger partial charge in [0.05, 0.1) is 41.2 Å². The van der Waals surface area contributed by atoms with Crippen molar-refractivity contribution in [3.8, 4) is 28.7 Å². The van der Waals surface area contributed by atoms with Crippen LogP contribution >= 0.6 is 0 Å². The van der Waals surface area contributed by atoms with E-state index in [4.69, 9.17) is 23.7 Å². The Morgan fingerprint density at radius 2 is 1.44 bits per heavy atom. The standard InChI is InChI=1S/C25H29NO6/c1-28-20-13-17-8-9-26(25(27)16-6-7-16)19(18(17)14-21(20)29-2)10-15-11-22(30-3)24(32-5)23(12-15)31-4/h10-14,16H,6-9H2,1-5H3/b19-10-. The molecule has 7 nitrogen and oxygen atoms in total. The molecule has 1 heterocycles. The van der Waals surface area contributed by atoms with Gasteiger partial charge in [-0.1, -0.05) is 0 Å². The number of rotatable bonds is 7. The van der Waals surface area contributed by atoms with Crippen molar-refractivity contribution in [2.75, 3.05) is 42.1 Å². The van der Waals surface area contributed by atoms with E-state index < -0.39 is 0 Å². The van der Waals surface area contributed by atoms with Crippen LogP contribution in [-0.4, -0.2) is 52.9 Å². The third-order valence-electron chi connectivity index (χ3n) is 5.96. The van der Waals surface area contributed by atoms with Gasteiger partial charge in [0.25, 0.3) is 0 Å². The Balaban J connectivity index is 1.88. The average Bonchev–Trinajstić information content (AvgIpc) is 3.67. The summed E-state index contributed by atoms with van der Waals surface area (Å²) in [5, 5.41) is 0. The van der Waals surface area contributed by atoms with Crippen LogP contribution in [-0.2, 0) is 11.2 Å². The molecule has 0 radical (unpaired) electrons. The van der Waals surface area contributed by atoms with Gasteiger partial charge in [-0.25, -0.2) is 0 Å². The highest BCUT2D eigenvalue weighted by Gasteiger charge is 2.37. The van der Waals surface area contributed by atoms with Crippen LogP contribution in [0.5, 0.6) is 28.7 Å². The van der Waals surface area contributed by atoms with Gasteiger partial charge in [-0.05, 0) is 60.7 Å². The molecule has 170 valence electrons. The van der Waals surface area contributed by atoms with Gasteiger partial charge in [0, 0.05) is 18.0 Å². The Labute approximate surface area is 188 Å². The second-order valence-corrected chi connectivity index (χ2v) is 7.87. The van der Waals surface area contributed by atoms with E-state index in [1.54, 1.807) is 35.5 Å². The first-order valence-electron chi connectivity index (χ1n) is 10.6. The van der Waals surface area contributed by atoms with Gasteiger partial charge in [-0.2, -0.15) is 0 Å². The summed E-state index contributed by atoms with van der Waals surface area (Å²) in [7, 11) is 7.99. The lowest BCUT2D eigenvalue weighted by atomic mass is 9.93. The van der Waals surface area contributed by atoms with E-state index in [0.717, 1.165) is 41.6 Å². The Morgan fingerprint density at radius 1 is 0.844 bits per heavy atom. The molecule has 1 amide bonds. The third kappa shape index (κ3) is 3.95. The first kappa shape index (κ1) is 21.9. The highest BCUT2D eigenvalue weighted by atomic mass is 16.5. The van der Waals surface area contributed by atoms with Crippen LogP contribution in [0.25, 0.3) is 11.8 Å². The van der Waals surface area contributed by atoms with E-state index in [1.807, 2.05) is 35.2 Å². The smallest absolute Gasteiger partial charge is 0.230 e. The number of nitrogens with zero attached hydrogens (tertiary/aromatic N) is 1. The molecule has 1 fully saturated rings. The number of methoxy groups -OCH3 is 5. The molecule has 0 unspecified atom stereocenters. The van der Waals surface area contributed by atoms with Crippen LogP contribution in [0.15, 0.2) is 24.3 Å². The van der Waals surface area contributed by atoms with Crippen LogP contribution in [0.2, 0.25) is 0 Å².